The van der Waals surface area contributed by atoms with Gasteiger partial charge in [0.2, 0.25) is 0 Å². The van der Waals surface area contributed by atoms with E-state index >= 15 is 0 Å². The van der Waals surface area contributed by atoms with Crippen LogP contribution in [0.1, 0.15) is 42.7 Å². The molecule has 0 aromatic heterocycles. The molecule has 1 aliphatic heterocycles. The van der Waals surface area contributed by atoms with Crippen molar-refractivity contribution < 1.29 is 9.47 Å². The van der Waals surface area contributed by atoms with Crippen LogP contribution in [0.4, 0.5) is 0 Å². The maximum absolute atomic E-state index is 6.17. The molecule has 0 amide bonds. The summed E-state index contributed by atoms with van der Waals surface area (Å²) < 4.78 is 11.7. The molecule has 1 aliphatic carbocycles. The zero-order valence-electron chi connectivity index (χ0n) is 11.9. The number of hydrogen-bond donors (Lipinski definition) is 1. The minimum absolute atomic E-state index is 0.382. The van der Waals surface area contributed by atoms with E-state index in [1.165, 1.54) is 36.8 Å². The zero-order valence-corrected chi connectivity index (χ0v) is 13.6. The van der Waals surface area contributed by atoms with Crippen LogP contribution in [-0.4, -0.2) is 24.7 Å². The van der Waals surface area contributed by atoms with Crippen LogP contribution in [0.3, 0.4) is 0 Å². The fraction of sp³-hybridized carbons (Fsp3) is 0.625. The predicted octanol–water partition coefficient (Wildman–Crippen LogP) is 4.28. The van der Waals surface area contributed by atoms with Gasteiger partial charge in [-0.15, -0.1) is 0 Å². The molecule has 2 nitrogen and oxygen atoms in total. The van der Waals surface area contributed by atoms with Gasteiger partial charge in [-0.2, -0.15) is 24.4 Å². The molecular weight excluding hydrogens is 288 g/mol. The highest BCUT2D eigenvalue weighted by atomic mass is 32.2. The Morgan fingerprint density at radius 3 is 3.00 bits per heavy atom. The topological polar surface area (TPSA) is 18.5 Å². The largest absolute Gasteiger partial charge is 0.493 e. The standard InChI is InChI=1S/C16H22O2S2/c1-17-15-9-11(10-20-7-6-19)8-13-12-4-2-3-5-14(12)18-16(13)15/h8-9,12,14,19H,2-7,10H2,1H3. The summed E-state index contributed by atoms with van der Waals surface area (Å²) in [6.07, 6.45) is 5.45. The van der Waals surface area contributed by atoms with Gasteiger partial charge in [-0.1, -0.05) is 12.5 Å². The summed E-state index contributed by atoms with van der Waals surface area (Å²) in [6.45, 7) is 0. The van der Waals surface area contributed by atoms with Crippen molar-refractivity contribution in [2.24, 2.45) is 0 Å². The average Bonchev–Trinajstić information content (AvgIpc) is 2.85. The molecule has 2 aliphatic rings. The molecule has 0 bridgehead atoms. The maximum Gasteiger partial charge on any atom is 0.165 e. The Bertz CT molecular complexity index is 476. The van der Waals surface area contributed by atoms with Crippen molar-refractivity contribution in [1.82, 2.24) is 0 Å². The molecule has 0 N–H and O–H groups in total. The molecule has 1 aromatic carbocycles. The first kappa shape index (κ1) is 14.5. The Morgan fingerprint density at radius 2 is 2.20 bits per heavy atom. The Hall–Kier alpha value is -0.480. The van der Waals surface area contributed by atoms with Gasteiger partial charge in [0.15, 0.2) is 11.5 Å². The summed E-state index contributed by atoms with van der Waals surface area (Å²) >= 11 is 6.19. The fourth-order valence-corrected chi connectivity index (χ4v) is 4.38. The third-order valence-electron chi connectivity index (χ3n) is 4.24. The van der Waals surface area contributed by atoms with Crippen LogP contribution in [-0.2, 0) is 5.75 Å². The molecule has 1 aromatic rings. The second kappa shape index (κ2) is 6.52. The fourth-order valence-electron chi connectivity index (χ4n) is 3.32. The lowest BCUT2D eigenvalue weighted by Gasteiger charge is -2.23. The van der Waals surface area contributed by atoms with E-state index in [0.717, 1.165) is 28.8 Å². The SMILES string of the molecule is COc1cc(CSCCS)cc2c1OC1CCCCC21. The van der Waals surface area contributed by atoms with Gasteiger partial charge in [-0.25, -0.2) is 0 Å². The van der Waals surface area contributed by atoms with Crippen molar-refractivity contribution in [1.29, 1.82) is 0 Å². The zero-order chi connectivity index (χ0) is 13.9. The number of benzene rings is 1. The van der Waals surface area contributed by atoms with Gasteiger partial charge in [-0.3, -0.25) is 0 Å². The summed E-state index contributed by atoms with van der Waals surface area (Å²) in [6, 6.07) is 4.49. The van der Waals surface area contributed by atoms with E-state index in [9.17, 15) is 0 Å². The van der Waals surface area contributed by atoms with Gasteiger partial charge in [0.25, 0.3) is 0 Å². The van der Waals surface area contributed by atoms with E-state index in [4.69, 9.17) is 9.47 Å². The first-order valence-electron chi connectivity index (χ1n) is 7.39. The van der Waals surface area contributed by atoms with Gasteiger partial charge in [0.1, 0.15) is 6.10 Å². The van der Waals surface area contributed by atoms with Crippen LogP contribution in [0.5, 0.6) is 11.5 Å². The van der Waals surface area contributed by atoms with Crippen molar-refractivity contribution in [3.63, 3.8) is 0 Å². The van der Waals surface area contributed by atoms with Gasteiger partial charge in [0, 0.05) is 23.0 Å². The van der Waals surface area contributed by atoms with Gasteiger partial charge in [-0.05, 0) is 36.6 Å². The van der Waals surface area contributed by atoms with E-state index in [0.29, 0.717) is 12.0 Å². The van der Waals surface area contributed by atoms with Crippen LogP contribution < -0.4 is 9.47 Å². The average molecular weight is 310 g/mol. The number of rotatable bonds is 5. The molecule has 20 heavy (non-hydrogen) atoms. The van der Waals surface area contributed by atoms with Crippen LogP contribution in [0.25, 0.3) is 0 Å². The number of fused-ring (bicyclic) bond motifs is 3. The number of hydrogen-bond acceptors (Lipinski definition) is 4. The minimum atomic E-state index is 0.382. The van der Waals surface area contributed by atoms with E-state index in [1.54, 1.807) is 7.11 Å². The molecule has 4 heteroatoms. The smallest absolute Gasteiger partial charge is 0.165 e. The third-order valence-corrected chi connectivity index (χ3v) is 5.80. The summed E-state index contributed by atoms with van der Waals surface area (Å²) in [4.78, 5) is 0. The number of thiol groups is 1. The first-order chi connectivity index (χ1) is 9.83. The molecule has 2 unspecified atom stereocenters. The monoisotopic (exact) mass is 310 g/mol. The number of methoxy groups -OCH3 is 1. The summed E-state index contributed by atoms with van der Waals surface area (Å²) in [5.41, 5.74) is 2.73. The molecule has 3 rings (SSSR count). The van der Waals surface area contributed by atoms with Crippen LogP contribution in [0, 0.1) is 0 Å². The van der Waals surface area contributed by atoms with E-state index < -0.39 is 0 Å². The number of thioether (sulfide) groups is 1. The lowest BCUT2D eigenvalue weighted by molar-refractivity contribution is 0.160. The Kier molecular flexibility index (Phi) is 4.72. The highest BCUT2D eigenvalue weighted by molar-refractivity contribution is 7.99. The summed E-state index contributed by atoms with van der Waals surface area (Å²) in [5.74, 6) is 5.56. The van der Waals surface area contributed by atoms with Gasteiger partial charge in [0.05, 0.1) is 7.11 Å². The lowest BCUT2D eigenvalue weighted by atomic mass is 9.83. The summed E-state index contributed by atoms with van der Waals surface area (Å²) in [7, 11) is 1.74. The molecule has 0 radical (unpaired) electrons. The third kappa shape index (κ3) is 2.77. The molecule has 0 spiro atoms. The lowest BCUT2D eigenvalue weighted by Crippen LogP contribution is -2.22. The van der Waals surface area contributed by atoms with E-state index in [2.05, 4.69) is 24.8 Å². The van der Waals surface area contributed by atoms with E-state index in [1.807, 2.05) is 11.8 Å². The van der Waals surface area contributed by atoms with Crippen molar-refractivity contribution in [3.05, 3.63) is 23.3 Å². The normalized spacial score (nSPS) is 23.9. The predicted molar refractivity (Wildman–Crippen MR) is 88.6 cm³/mol. The minimum Gasteiger partial charge on any atom is -0.493 e. The maximum atomic E-state index is 6.17. The molecule has 2 atom stereocenters. The molecule has 0 saturated heterocycles. The van der Waals surface area contributed by atoms with E-state index in [-0.39, 0.29) is 0 Å². The summed E-state index contributed by atoms with van der Waals surface area (Å²) in [5, 5.41) is 0. The van der Waals surface area contributed by atoms with Crippen LogP contribution in [0.15, 0.2) is 12.1 Å². The number of ether oxygens (including phenoxy) is 2. The first-order valence-corrected chi connectivity index (χ1v) is 9.18. The van der Waals surface area contributed by atoms with Crippen molar-refractivity contribution in [2.45, 2.75) is 43.5 Å². The molecular formula is C16H22O2S2. The van der Waals surface area contributed by atoms with Gasteiger partial charge < -0.3 is 9.47 Å². The Morgan fingerprint density at radius 1 is 1.35 bits per heavy atom. The van der Waals surface area contributed by atoms with Gasteiger partial charge >= 0.3 is 0 Å². The molecule has 1 heterocycles. The second-order valence-corrected chi connectivity index (χ2v) is 7.09. The highest BCUT2D eigenvalue weighted by Crippen LogP contribution is 2.50. The Balaban J connectivity index is 1.86. The Labute approximate surface area is 131 Å². The van der Waals surface area contributed by atoms with Crippen LogP contribution in [0.2, 0.25) is 0 Å². The molecule has 110 valence electrons. The van der Waals surface area contributed by atoms with Crippen LogP contribution >= 0.6 is 24.4 Å². The quantitative estimate of drug-likeness (QED) is 0.647. The van der Waals surface area contributed by atoms with Crippen molar-refractivity contribution in [3.8, 4) is 11.5 Å². The molecule has 1 saturated carbocycles. The van der Waals surface area contributed by atoms with Crippen molar-refractivity contribution in [2.75, 3.05) is 18.6 Å². The van der Waals surface area contributed by atoms with Crippen molar-refractivity contribution >= 4 is 24.4 Å². The highest BCUT2D eigenvalue weighted by Gasteiger charge is 2.38. The molecule has 1 fully saturated rings. The second-order valence-electron chi connectivity index (χ2n) is 5.54.